The third-order valence-electron chi connectivity index (χ3n) is 8.87. The molecule has 0 aliphatic carbocycles. The zero-order valence-corrected chi connectivity index (χ0v) is 24.8. The highest BCUT2D eigenvalue weighted by atomic mass is 16.5. The molecular weight excluding hydrogens is 524 g/mol. The maximum absolute atomic E-state index is 13.6. The second-order valence-electron chi connectivity index (χ2n) is 11.3. The van der Waals surface area contributed by atoms with Gasteiger partial charge in [-0.15, -0.1) is 0 Å². The van der Waals surface area contributed by atoms with Crippen LogP contribution >= 0.6 is 0 Å². The number of methoxy groups -OCH3 is 1. The Morgan fingerprint density at radius 2 is 1.60 bits per heavy atom. The molecule has 2 aliphatic heterocycles. The Hall–Kier alpha value is -4.10. The number of likely N-dealkylation sites (tertiary alicyclic amines) is 1. The van der Waals surface area contributed by atoms with Crippen LogP contribution in [0.3, 0.4) is 0 Å². The SMILES string of the molecule is COC(=O)C1C(C)=NC(C)=C(C(=O)NCCCN2CCC(c3ccccc3)(c3ccccc3)CC2)C1c1cccnc1. The van der Waals surface area contributed by atoms with Gasteiger partial charge in [0.15, 0.2) is 0 Å². The first-order chi connectivity index (χ1) is 20.4. The van der Waals surface area contributed by atoms with Crippen molar-refractivity contribution >= 4 is 17.6 Å². The number of esters is 1. The highest BCUT2D eigenvalue weighted by molar-refractivity contribution is 6.07. The van der Waals surface area contributed by atoms with E-state index in [1.807, 2.05) is 26.0 Å². The van der Waals surface area contributed by atoms with Gasteiger partial charge in [0.25, 0.3) is 0 Å². The lowest BCUT2D eigenvalue weighted by molar-refractivity contribution is -0.143. The topological polar surface area (TPSA) is 83.9 Å². The fourth-order valence-corrected chi connectivity index (χ4v) is 6.70. The zero-order valence-electron chi connectivity index (χ0n) is 24.8. The fraction of sp³-hybridized carbons (Fsp3) is 0.371. The fourth-order valence-electron chi connectivity index (χ4n) is 6.70. The third-order valence-corrected chi connectivity index (χ3v) is 8.87. The number of carbonyl (C=O) groups is 2. The number of hydrogen-bond donors (Lipinski definition) is 1. The van der Waals surface area contributed by atoms with E-state index in [0.717, 1.165) is 44.5 Å². The number of allylic oxidation sites excluding steroid dienone is 1. The third kappa shape index (κ3) is 6.07. The number of ether oxygens (including phenoxy) is 1. The Labute approximate surface area is 248 Å². The molecule has 7 heteroatoms. The summed E-state index contributed by atoms with van der Waals surface area (Å²) in [6.07, 6.45) is 6.33. The number of pyridine rings is 1. The van der Waals surface area contributed by atoms with Crippen LogP contribution in [0.2, 0.25) is 0 Å². The van der Waals surface area contributed by atoms with Gasteiger partial charge in [-0.2, -0.15) is 0 Å². The maximum atomic E-state index is 13.6. The molecule has 7 nitrogen and oxygen atoms in total. The van der Waals surface area contributed by atoms with Gasteiger partial charge in [-0.25, -0.2) is 0 Å². The number of nitrogens with one attached hydrogen (secondary N) is 1. The summed E-state index contributed by atoms with van der Waals surface area (Å²) in [7, 11) is 1.37. The van der Waals surface area contributed by atoms with E-state index in [0.29, 0.717) is 23.5 Å². The van der Waals surface area contributed by atoms with E-state index in [-0.39, 0.29) is 11.3 Å². The molecule has 0 radical (unpaired) electrons. The number of aromatic nitrogens is 1. The van der Waals surface area contributed by atoms with Crippen LogP contribution in [0, 0.1) is 5.92 Å². The number of aliphatic imine (C=N–C) groups is 1. The minimum atomic E-state index is -0.675. The first kappa shape index (κ1) is 29.4. The molecule has 2 aromatic carbocycles. The quantitative estimate of drug-likeness (QED) is 0.282. The molecule has 0 saturated carbocycles. The molecule has 1 amide bonds. The summed E-state index contributed by atoms with van der Waals surface area (Å²) < 4.78 is 5.11. The largest absolute Gasteiger partial charge is 0.468 e. The van der Waals surface area contributed by atoms with Crippen LogP contribution in [0.15, 0.2) is 101 Å². The molecule has 3 heterocycles. The summed E-state index contributed by atoms with van der Waals surface area (Å²) in [6.45, 7) is 7.09. The van der Waals surface area contributed by atoms with Crippen LogP contribution in [0.4, 0.5) is 0 Å². The minimum Gasteiger partial charge on any atom is -0.468 e. The van der Waals surface area contributed by atoms with Crippen molar-refractivity contribution in [2.45, 2.75) is 44.4 Å². The van der Waals surface area contributed by atoms with Crippen LogP contribution in [-0.2, 0) is 19.7 Å². The Morgan fingerprint density at radius 1 is 0.952 bits per heavy atom. The molecule has 1 saturated heterocycles. The van der Waals surface area contributed by atoms with Gasteiger partial charge < -0.3 is 15.0 Å². The van der Waals surface area contributed by atoms with Crippen molar-refractivity contribution in [2.75, 3.05) is 33.3 Å². The average Bonchev–Trinajstić information content (AvgIpc) is 3.04. The number of carbonyl (C=O) groups excluding carboxylic acids is 2. The van der Waals surface area contributed by atoms with Gasteiger partial charge in [0, 0.05) is 47.3 Å². The molecule has 2 unspecified atom stereocenters. The lowest BCUT2D eigenvalue weighted by atomic mass is 9.68. The van der Waals surface area contributed by atoms with Crippen molar-refractivity contribution in [3.63, 3.8) is 0 Å². The number of benzene rings is 2. The standard InChI is InChI=1S/C35H40N4O3/c1-25-30(32(27-12-10-19-36-24-27)31(26(2)38-25)34(41)42-3)33(40)37-20-11-21-39-22-17-35(18-23-39,28-13-6-4-7-14-28)29-15-8-5-9-16-29/h4-10,12-16,19,24,31-32H,11,17-18,20-23H2,1-3H3,(H,37,40). The van der Waals surface area contributed by atoms with Gasteiger partial charge in [0.2, 0.25) is 5.91 Å². The monoisotopic (exact) mass is 564 g/mol. The van der Waals surface area contributed by atoms with Crippen molar-refractivity contribution in [2.24, 2.45) is 10.9 Å². The van der Waals surface area contributed by atoms with E-state index in [9.17, 15) is 9.59 Å². The maximum Gasteiger partial charge on any atom is 0.315 e. The van der Waals surface area contributed by atoms with Crippen molar-refractivity contribution in [3.05, 3.63) is 113 Å². The Balaban J connectivity index is 1.22. The Morgan fingerprint density at radius 3 is 2.17 bits per heavy atom. The number of rotatable bonds is 9. The normalized spacial score (nSPS) is 20.5. The Bertz CT molecular complexity index is 1390. The van der Waals surface area contributed by atoms with Crippen molar-refractivity contribution in [1.82, 2.24) is 15.2 Å². The molecule has 2 atom stereocenters. The van der Waals surface area contributed by atoms with Gasteiger partial charge in [0.05, 0.1) is 7.11 Å². The average molecular weight is 565 g/mol. The minimum absolute atomic E-state index is 0.0222. The molecule has 5 rings (SSSR count). The summed E-state index contributed by atoms with van der Waals surface area (Å²) in [6, 6.07) is 25.5. The zero-order chi connectivity index (χ0) is 29.5. The van der Waals surface area contributed by atoms with Crippen LogP contribution in [0.25, 0.3) is 0 Å². The first-order valence-electron chi connectivity index (χ1n) is 14.8. The van der Waals surface area contributed by atoms with E-state index in [4.69, 9.17) is 4.74 Å². The van der Waals surface area contributed by atoms with Crippen molar-refractivity contribution < 1.29 is 14.3 Å². The summed E-state index contributed by atoms with van der Waals surface area (Å²) in [5.41, 5.74) is 5.33. The van der Waals surface area contributed by atoms with Gasteiger partial charge in [0.1, 0.15) is 5.92 Å². The van der Waals surface area contributed by atoms with Crippen molar-refractivity contribution in [3.8, 4) is 0 Å². The van der Waals surface area contributed by atoms with Gasteiger partial charge in [-0.1, -0.05) is 66.7 Å². The molecule has 3 aromatic rings. The number of amides is 1. The summed E-state index contributed by atoms with van der Waals surface area (Å²) in [5.74, 6) is -1.78. The molecule has 1 N–H and O–H groups in total. The number of nitrogens with zero attached hydrogens (tertiary/aromatic N) is 3. The lowest BCUT2D eigenvalue weighted by Crippen LogP contribution is -2.44. The van der Waals surface area contributed by atoms with E-state index in [1.165, 1.54) is 18.2 Å². The number of hydrogen-bond acceptors (Lipinski definition) is 6. The molecular formula is C35H40N4O3. The molecule has 218 valence electrons. The van der Waals surface area contributed by atoms with Gasteiger partial charge in [-0.3, -0.25) is 19.6 Å². The van der Waals surface area contributed by atoms with E-state index in [1.54, 1.807) is 12.4 Å². The van der Waals surface area contributed by atoms with Crippen molar-refractivity contribution in [1.29, 1.82) is 0 Å². The Kier molecular flexibility index (Phi) is 9.28. The highest BCUT2D eigenvalue weighted by Crippen LogP contribution is 2.42. The molecule has 0 bridgehead atoms. The van der Waals surface area contributed by atoms with Crippen LogP contribution in [0.1, 0.15) is 55.7 Å². The van der Waals surface area contributed by atoms with Crippen LogP contribution in [-0.4, -0.2) is 60.8 Å². The van der Waals surface area contributed by atoms with E-state index in [2.05, 4.69) is 80.9 Å². The van der Waals surface area contributed by atoms with E-state index < -0.39 is 17.8 Å². The second-order valence-corrected chi connectivity index (χ2v) is 11.3. The smallest absolute Gasteiger partial charge is 0.315 e. The van der Waals surface area contributed by atoms with Gasteiger partial charge in [-0.05, 0) is 75.5 Å². The summed E-state index contributed by atoms with van der Waals surface area (Å²) in [5, 5.41) is 3.12. The van der Waals surface area contributed by atoms with E-state index >= 15 is 0 Å². The molecule has 42 heavy (non-hydrogen) atoms. The van der Waals surface area contributed by atoms with Gasteiger partial charge >= 0.3 is 5.97 Å². The molecule has 1 aromatic heterocycles. The summed E-state index contributed by atoms with van der Waals surface area (Å²) >= 11 is 0. The summed E-state index contributed by atoms with van der Waals surface area (Å²) in [4.78, 5) is 37.7. The predicted molar refractivity (Wildman–Crippen MR) is 165 cm³/mol. The highest BCUT2D eigenvalue weighted by Gasteiger charge is 2.42. The van der Waals surface area contributed by atoms with Crippen LogP contribution < -0.4 is 5.32 Å². The molecule has 0 spiro atoms. The first-order valence-corrected chi connectivity index (χ1v) is 14.8. The second kappa shape index (κ2) is 13.3. The lowest BCUT2D eigenvalue weighted by Gasteiger charge is -2.43. The molecule has 1 fully saturated rings. The molecule has 2 aliphatic rings. The van der Waals surface area contributed by atoms with Crippen LogP contribution in [0.5, 0.6) is 0 Å². The number of piperidine rings is 1. The predicted octanol–water partition coefficient (Wildman–Crippen LogP) is 5.29.